The number of fused-ring (bicyclic) bond motifs is 3. The first-order valence-electron chi connectivity index (χ1n) is 7.06. The van der Waals surface area contributed by atoms with Crippen molar-refractivity contribution in [1.82, 2.24) is 4.90 Å². The number of aryl methyl sites for hydroxylation is 1. The van der Waals surface area contributed by atoms with E-state index in [0.717, 1.165) is 44.5 Å². The molecular weight excluding hydrogens is 222 g/mol. The SMILES string of the molecule is Cc1cccc2c1CC1CN3CCC1(CC3)C2=O. The van der Waals surface area contributed by atoms with Gasteiger partial charge in [-0.1, -0.05) is 18.2 Å². The molecule has 2 bridgehead atoms. The molecule has 0 radical (unpaired) electrons. The molecule has 3 fully saturated rings. The van der Waals surface area contributed by atoms with E-state index >= 15 is 0 Å². The van der Waals surface area contributed by atoms with Gasteiger partial charge in [0.05, 0.1) is 0 Å². The maximum absolute atomic E-state index is 13.0. The highest BCUT2D eigenvalue weighted by Crippen LogP contribution is 2.51. The Kier molecular flexibility index (Phi) is 2.06. The fourth-order valence-electron chi connectivity index (χ4n) is 4.40. The molecule has 1 aromatic rings. The summed E-state index contributed by atoms with van der Waals surface area (Å²) in [6.45, 7) is 5.54. The van der Waals surface area contributed by atoms with Crippen LogP contribution in [0.15, 0.2) is 18.2 Å². The third kappa shape index (κ3) is 1.19. The highest BCUT2D eigenvalue weighted by Gasteiger charge is 2.54. The summed E-state index contributed by atoms with van der Waals surface area (Å²) >= 11 is 0. The Morgan fingerprint density at radius 3 is 2.83 bits per heavy atom. The number of carbonyl (C=O) groups is 1. The predicted octanol–water partition coefficient (Wildman–Crippen LogP) is 2.45. The van der Waals surface area contributed by atoms with Gasteiger partial charge in [0.25, 0.3) is 0 Å². The molecule has 18 heavy (non-hydrogen) atoms. The maximum atomic E-state index is 13.0. The average molecular weight is 241 g/mol. The lowest BCUT2D eigenvalue weighted by Gasteiger charge is -2.55. The van der Waals surface area contributed by atoms with Crippen LogP contribution in [0, 0.1) is 18.3 Å². The zero-order valence-electron chi connectivity index (χ0n) is 10.9. The molecule has 1 aliphatic carbocycles. The second kappa shape index (κ2) is 3.45. The van der Waals surface area contributed by atoms with Gasteiger partial charge < -0.3 is 4.90 Å². The van der Waals surface area contributed by atoms with Crippen molar-refractivity contribution < 1.29 is 4.79 Å². The van der Waals surface area contributed by atoms with Crippen molar-refractivity contribution in [2.75, 3.05) is 19.6 Å². The van der Waals surface area contributed by atoms with Gasteiger partial charge in [0.2, 0.25) is 0 Å². The summed E-state index contributed by atoms with van der Waals surface area (Å²) < 4.78 is 0. The van der Waals surface area contributed by atoms with Crippen LogP contribution in [0.25, 0.3) is 0 Å². The largest absolute Gasteiger partial charge is 0.303 e. The van der Waals surface area contributed by atoms with Gasteiger partial charge in [-0.3, -0.25) is 4.79 Å². The van der Waals surface area contributed by atoms with E-state index in [0.29, 0.717) is 11.7 Å². The Hall–Kier alpha value is -1.15. The van der Waals surface area contributed by atoms with E-state index < -0.39 is 0 Å². The molecular formula is C16H19NO. The summed E-state index contributed by atoms with van der Waals surface area (Å²) in [5, 5.41) is 0. The first-order chi connectivity index (χ1) is 8.71. The second-order valence-electron chi connectivity index (χ2n) is 6.29. The monoisotopic (exact) mass is 241 g/mol. The number of Topliss-reactive ketones (excluding diaryl/α,β-unsaturated/α-hetero) is 1. The lowest BCUT2D eigenvalue weighted by Crippen LogP contribution is -2.60. The summed E-state index contributed by atoms with van der Waals surface area (Å²) in [5.41, 5.74) is 3.65. The molecule has 4 aliphatic rings. The Morgan fingerprint density at radius 2 is 2.06 bits per heavy atom. The van der Waals surface area contributed by atoms with Gasteiger partial charge in [-0.05, 0) is 56.3 Å². The number of hydrogen-bond donors (Lipinski definition) is 0. The van der Waals surface area contributed by atoms with E-state index in [9.17, 15) is 4.79 Å². The van der Waals surface area contributed by atoms with Crippen LogP contribution < -0.4 is 0 Å². The Morgan fingerprint density at radius 1 is 1.28 bits per heavy atom. The van der Waals surface area contributed by atoms with Crippen molar-refractivity contribution in [3.05, 3.63) is 34.9 Å². The fraction of sp³-hybridized carbons (Fsp3) is 0.562. The van der Waals surface area contributed by atoms with Crippen molar-refractivity contribution in [3.8, 4) is 0 Å². The van der Waals surface area contributed by atoms with Gasteiger partial charge in [0, 0.05) is 17.5 Å². The molecule has 1 spiro atoms. The van der Waals surface area contributed by atoms with Crippen LogP contribution in [0.1, 0.15) is 34.3 Å². The van der Waals surface area contributed by atoms with Gasteiger partial charge in [0.15, 0.2) is 5.78 Å². The number of nitrogens with zero attached hydrogens (tertiary/aromatic N) is 1. The Labute approximate surface area is 108 Å². The second-order valence-corrected chi connectivity index (χ2v) is 6.29. The normalized spacial score (nSPS) is 37.3. The van der Waals surface area contributed by atoms with Crippen LogP contribution in [-0.2, 0) is 6.42 Å². The van der Waals surface area contributed by atoms with Gasteiger partial charge in [-0.25, -0.2) is 0 Å². The molecule has 1 atom stereocenters. The van der Waals surface area contributed by atoms with E-state index in [1.807, 2.05) is 6.07 Å². The molecule has 3 saturated heterocycles. The van der Waals surface area contributed by atoms with Crippen LogP contribution in [0.5, 0.6) is 0 Å². The zero-order valence-corrected chi connectivity index (χ0v) is 10.9. The van der Waals surface area contributed by atoms with Crippen LogP contribution in [0.4, 0.5) is 0 Å². The minimum Gasteiger partial charge on any atom is -0.303 e. The average Bonchev–Trinajstić information content (AvgIpc) is 2.41. The summed E-state index contributed by atoms with van der Waals surface area (Å²) in [5.74, 6) is 1.03. The van der Waals surface area contributed by atoms with Crippen LogP contribution in [0.3, 0.4) is 0 Å². The zero-order chi connectivity index (χ0) is 12.3. The van der Waals surface area contributed by atoms with E-state index in [4.69, 9.17) is 0 Å². The molecule has 3 heterocycles. The molecule has 94 valence electrons. The number of rotatable bonds is 0. The van der Waals surface area contributed by atoms with E-state index in [2.05, 4.69) is 24.0 Å². The molecule has 5 rings (SSSR count). The Balaban J connectivity index is 1.88. The van der Waals surface area contributed by atoms with E-state index in [1.165, 1.54) is 11.1 Å². The maximum Gasteiger partial charge on any atom is 0.169 e. The molecule has 0 amide bonds. The van der Waals surface area contributed by atoms with Crippen LogP contribution >= 0.6 is 0 Å². The third-order valence-electron chi connectivity index (χ3n) is 5.57. The molecule has 2 nitrogen and oxygen atoms in total. The summed E-state index contributed by atoms with van der Waals surface area (Å²) in [6.07, 6.45) is 3.29. The van der Waals surface area contributed by atoms with Crippen molar-refractivity contribution in [2.45, 2.75) is 26.2 Å². The fourth-order valence-corrected chi connectivity index (χ4v) is 4.40. The molecule has 0 aromatic heterocycles. The van der Waals surface area contributed by atoms with E-state index in [1.54, 1.807) is 0 Å². The van der Waals surface area contributed by atoms with E-state index in [-0.39, 0.29) is 5.41 Å². The van der Waals surface area contributed by atoms with Crippen molar-refractivity contribution in [3.63, 3.8) is 0 Å². The third-order valence-corrected chi connectivity index (χ3v) is 5.57. The summed E-state index contributed by atoms with van der Waals surface area (Å²) in [6, 6.07) is 6.24. The topological polar surface area (TPSA) is 20.3 Å². The number of piperidine rings is 3. The van der Waals surface area contributed by atoms with Gasteiger partial charge in [-0.15, -0.1) is 0 Å². The first-order valence-corrected chi connectivity index (χ1v) is 7.06. The molecule has 1 aromatic carbocycles. The van der Waals surface area contributed by atoms with Gasteiger partial charge >= 0.3 is 0 Å². The van der Waals surface area contributed by atoms with Crippen molar-refractivity contribution in [1.29, 1.82) is 0 Å². The highest BCUT2D eigenvalue weighted by molar-refractivity contribution is 6.03. The van der Waals surface area contributed by atoms with Crippen LogP contribution in [0.2, 0.25) is 0 Å². The van der Waals surface area contributed by atoms with Crippen LogP contribution in [-0.4, -0.2) is 30.3 Å². The minimum absolute atomic E-state index is 0.00442. The van der Waals surface area contributed by atoms with Gasteiger partial charge in [-0.2, -0.15) is 0 Å². The van der Waals surface area contributed by atoms with Gasteiger partial charge in [0.1, 0.15) is 0 Å². The highest BCUT2D eigenvalue weighted by atomic mass is 16.1. The summed E-state index contributed by atoms with van der Waals surface area (Å²) in [4.78, 5) is 15.5. The van der Waals surface area contributed by atoms with Crippen molar-refractivity contribution in [2.24, 2.45) is 11.3 Å². The Bertz CT molecular complexity index is 526. The molecule has 0 N–H and O–H groups in total. The quantitative estimate of drug-likeness (QED) is 0.695. The predicted molar refractivity (Wildman–Crippen MR) is 70.8 cm³/mol. The number of ketones is 1. The number of hydrogen-bond acceptors (Lipinski definition) is 2. The summed E-state index contributed by atoms with van der Waals surface area (Å²) in [7, 11) is 0. The molecule has 1 unspecified atom stereocenters. The number of carbonyl (C=O) groups excluding carboxylic acids is 1. The standard InChI is InChI=1S/C16H19NO/c1-11-3-2-4-13-14(11)9-12-10-17-7-5-16(12,6-8-17)15(13)18/h2-4,12H,5-10H2,1H3. The molecule has 2 heteroatoms. The smallest absolute Gasteiger partial charge is 0.169 e. The van der Waals surface area contributed by atoms with Crippen molar-refractivity contribution >= 4 is 5.78 Å². The lowest BCUT2D eigenvalue weighted by molar-refractivity contribution is -0.0219. The first kappa shape index (κ1) is 10.7. The minimum atomic E-state index is -0.00442. The lowest BCUT2D eigenvalue weighted by atomic mass is 9.56. The molecule has 3 aliphatic heterocycles. The molecule has 0 saturated carbocycles. The number of benzene rings is 1.